The monoisotopic (exact) mass is 151 g/mol. The topological polar surface area (TPSA) is 29.1 Å². The summed E-state index contributed by atoms with van der Waals surface area (Å²) in [6.45, 7) is 3.67. The van der Waals surface area contributed by atoms with E-state index in [2.05, 4.69) is 18.3 Å². The van der Waals surface area contributed by atoms with Gasteiger partial charge in [0.25, 0.3) is 0 Å². The molecule has 0 spiro atoms. The molecule has 1 aliphatic carbocycles. The fourth-order valence-corrected chi connectivity index (χ4v) is 1.02. The molecule has 2 heteroatoms. The molecule has 0 aromatic heterocycles. The first-order valence-corrected chi connectivity index (χ1v) is 3.84. The van der Waals surface area contributed by atoms with Crippen molar-refractivity contribution in [2.24, 2.45) is 5.92 Å². The predicted octanol–water partition coefficient (Wildman–Crippen LogP) is 1.60. The fraction of sp³-hybridized carbons (Fsp3) is 0.444. The molecular formula is C9H13NO. The molecule has 0 aromatic carbocycles. The maximum absolute atomic E-state index is 10.6. The molecule has 0 fully saturated rings. The molecule has 0 saturated heterocycles. The summed E-state index contributed by atoms with van der Waals surface area (Å²) in [6, 6.07) is 0. The van der Waals surface area contributed by atoms with Gasteiger partial charge in [-0.2, -0.15) is 0 Å². The molecule has 1 amide bonds. The summed E-state index contributed by atoms with van der Waals surface area (Å²) in [4.78, 5) is 10.6. The van der Waals surface area contributed by atoms with Crippen LogP contribution in [0.25, 0.3) is 0 Å². The standard InChI is InChI=1S/C9H13NO/c1-7-3-5-9(6-4-7)10-8(2)11/h3,5-7H,4H2,1-2H3,(H,10,11). The number of allylic oxidation sites excluding steroid dienone is 3. The zero-order valence-corrected chi connectivity index (χ0v) is 6.92. The Kier molecular flexibility index (Phi) is 2.47. The number of hydrogen-bond donors (Lipinski definition) is 1. The van der Waals surface area contributed by atoms with Crippen LogP contribution in [0, 0.1) is 5.92 Å². The van der Waals surface area contributed by atoms with Crippen LogP contribution in [-0.2, 0) is 4.79 Å². The molecular weight excluding hydrogens is 138 g/mol. The molecule has 0 bridgehead atoms. The highest BCUT2D eigenvalue weighted by Gasteiger charge is 2.03. The third-order valence-electron chi connectivity index (χ3n) is 1.63. The molecule has 0 saturated carbocycles. The second-order valence-electron chi connectivity index (χ2n) is 2.91. The van der Waals surface area contributed by atoms with Crippen molar-refractivity contribution < 1.29 is 4.79 Å². The maximum Gasteiger partial charge on any atom is 0.221 e. The van der Waals surface area contributed by atoms with Crippen molar-refractivity contribution in [1.82, 2.24) is 5.32 Å². The zero-order valence-electron chi connectivity index (χ0n) is 6.92. The molecule has 0 aliphatic heterocycles. The number of rotatable bonds is 1. The van der Waals surface area contributed by atoms with Crippen molar-refractivity contribution >= 4 is 5.91 Å². The van der Waals surface area contributed by atoms with Crippen molar-refractivity contribution in [3.05, 3.63) is 23.9 Å². The Balaban J connectivity index is 2.50. The lowest BCUT2D eigenvalue weighted by Gasteiger charge is -2.11. The van der Waals surface area contributed by atoms with Gasteiger partial charge >= 0.3 is 0 Å². The van der Waals surface area contributed by atoms with E-state index in [9.17, 15) is 4.79 Å². The van der Waals surface area contributed by atoms with E-state index in [-0.39, 0.29) is 5.91 Å². The largest absolute Gasteiger partial charge is 0.327 e. The molecule has 60 valence electrons. The zero-order chi connectivity index (χ0) is 8.27. The molecule has 1 rings (SSSR count). The third-order valence-corrected chi connectivity index (χ3v) is 1.63. The van der Waals surface area contributed by atoms with Gasteiger partial charge in [0, 0.05) is 12.6 Å². The molecule has 1 N–H and O–H groups in total. The van der Waals surface area contributed by atoms with E-state index < -0.39 is 0 Å². The minimum Gasteiger partial charge on any atom is -0.327 e. The molecule has 1 atom stereocenters. The first-order valence-electron chi connectivity index (χ1n) is 3.84. The van der Waals surface area contributed by atoms with Crippen LogP contribution in [0.4, 0.5) is 0 Å². The summed E-state index contributed by atoms with van der Waals surface area (Å²) >= 11 is 0. The maximum atomic E-state index is 10.6. The van der Waals surface area contributed by atoms with Crippen LogP contribution in [0.2, 0.25) is 0 Å². The number of hydrogen-bond acceptors (Lipinski definition) is 1. The van der Waals surface area contributed by atoms with Gasteiger partial charge < -0.3 is 5.32 Å². The van der Waals surface area contributed by atoms with Crippen molar-refractivity contribution in [3.8, 4) is 0 Å². The second-order valence-corrected chi connectivity index (χ2v) is 2.91. The van der Waals surface area contributed by atoms with E-state index in [0.29, 0.717) is 5.92 Å². The summed E-state index contributed by atoms with van der Waals surface area (Å²) in [7, 11) is 0. The van der Waals surface area contributed by atoms with E-state index in [1.165, 1.54) is 6.92 Å². The van der Waals surface area contributed by atoms with Gasteiger partial charge in [-0.15, -0.1) is 0 Å². The highest BCUT2D eigenvalue weighted by molar-refractivity contribution is 5.75. The van der Waals surface area contributed by atoms with E-state index in [1.807, 2.05) is 12.2 Å². The smallest absolute Gasteiger partial charge is 0.221 e. The number of carbonyl (C=O) groups excluding carboxylic acids is 1. The van der Waals surface area contributed by atoms with Crippen molar-refractivity contribution in [2.75, 3.05) is 0 Å². The SMILES string of the molecule is CC(=O)NC1=CCC(C)C=C1. The number of amides is 1. The van der Waals surface area contributed by atoms with Crippen LogP contribution in [0.3, 0.4) is 0 Å². The van der Waals surface area contributed by atoms with Crippen LogP contribution in [0.1, 0.15) is 20.3 Å². The Morgan fingerprint density at radius 1 is 1.73 bits per heavy atom. The molecule has 2 nitrogen and oxygen atoms in total. The number of nitrogens with one attached hydrogen (secondary N) is 1. The van der Waals surface area contributed by atoms with Crippen LogP contribution < -0.4 is 5.32 Å². The van der Waals surface area contributed by atoms with Gasteiger partial charge in [-0.25, -0.2) is 0 Å². The summed E-state index contributed by atoms with van der Waals surface area (Å²) < 4.78 is 0. The average Bonchev–Trinajstić information content (AvgIpc) is 1.93. The molecule has 1 unspecified atom stereocenters. The molecule has 0 heterocycles. The van der Waals surface area contributed by atoms with Crippen LogP contribution in [-0.4, -0.2) is 5.91 Å². The lowest BCUT2D eigenvalue weighted by molar-refractivity contribution is -0.118. The second kappa shape index (κ2) is 3.37. The Labute approximate surface area is 67.0 Å². The van der Waals surface area contributed by atoms with E-state index in [1.54, 1.807) is 0 Å². The Hall–Kier alpha value is -1.05. The third kappa shape index (κ3) is 2.58. The van der Waals surface area contributed by atoms with Gasteiger partial charge in [0.05, 0.1) is 0 Å². The minimum absolute atomic E-state index is 0.00421. The van der Waals surface area contributed by atoms with Crippen molar-refractivity contribution in [3.63, 3.8) is 0 Å². The van der Waals surface area contributed by atoms with Crippen molar-refractivity contribution in [1.29, 1.82) is 0 Å². The van der Waals surface area contributed by atoms with Gasteiger partial charge in [-0.3, -0.25) is 4.79 Å². The quantitative estimate of drug-likeness (QED) is 0.606. The normalized spacial score (nSPS) is 22.7. The Bertz CT molecular complexity index is 216. The van der Waals surface area contributed by atoms with E-state index >= 15 is 0 Å². The van der Waals surface area contributed by atoms with Gasteiger partial charge in [0.15, 0.2) is 0 Å². The first kappa shape index (κ1) is 8.05. The van der Waals surface area contributed by atoms with Gasteiger partial charge in [0.1, 0.15) is 0 Å². The molecule has 1 aliphatic rings. The van der Waals surface area contributed by atoms with Crippen LogP contribution in [0.15, 0.2) is 23.9 Å². The summed E-state index contributed by atoms with van der Waals surface area (Å²) in [6.07, 6.45) is 7.12. The molecule has 0 aromatic rings. The minimum atomic E-state index is -0.00421. The van der Waals surface area contributed by atoms with Crippen LogP contribution >= 0.6 is 0 Å². The average molecular weight is 151 g/mol. The number of carbonyl (C=O) groups is 1. The Morgan fingerprint density at radius 3 is 2.91 bits per heavy atom. The summed E-state index contributed by atoms with van der Waals surface area (Å²) in [5.74, 6) is 0.600. The highest BCUT2D eigenvalue weighted by Crippen LogP contribution is 2.13. The van der Waals surface area contributed by atoms with E-state index in [0.717, 1.165) is 12.1 Å². The molecule has 0 radical (unpaired) electrons. The summed E-state index contributed by atoms with van der Waals surface area (Å²) in [5.41, 5.74) is 0.926. The predicted molar refractivity (Wildman–Crippen MR) is 44.8 cm³/mol. The van der Waals surface area contributed by atoms with Gasteiger partial charge in [-0.1, -0.05) is 19.1 Å². The van der Waals surface area contributed by atoms with Crippen LogP contribution in [0.5, 0.6) is 0 Å². The molecule has 11 heavy (non-hydrogen) atoms. The Morgan fingerprint density at radius 2 is 2.45 bits per heavy atom. The van der Waals surface area contributed by atoms with E-state index in [4.69, 9.17) is 0 Å². The van der Waals surface area contributed by atoms with Gasteiger partial charge in [-0.05, 0) is 18.4 Å². The van der Waals surface area contributed by atoms with Crippen molar-refractivity contribution in [2.45, 2.75) is 20.3 Å². The lowest BCUT2D eigenvalue weighted by Crippen LogP contribution is -2.19. The van der Waals surface area contributed by atoms with Gasteiger partial charge in [0.2, 0.25) is 5.91 Å². The fourth-order valence-electron chi connectivity index (χ4n) is 1.02. The lowest BCUT2D eigenvalue weighted by atomic mass is 10.0. The highest BCUT2D eigenvalue weighted by atomic mass is 16.1. The summed E-state index contributed by atoms with van der Waals surface area (Å²) in [5, 5.41) is 2.74. The first-order chi connectivity index (χ1) is 5.18.